The second-order valence-electron chi connectivity index (χ2n) is 4.90. The van der Waals surface area contributed by atoms with Crippen molar-refractivity contribution in [1.82, 2.24) is 9.88 Å². The molecular formula is C15H21N3S. The van der Waals surface area contributed by atoms with Gasteiger partial charge in [0, 0.05) is 29.9 Å². The van der Waals surface area contributed by atoms with Crippen molar-refractivity contribution in [2.24, 2.45) is 5.73 Å². The Balaban J connectivity index is 2.03. The molecule has 0 saturated carbocycles. The van der Waals surface area contributed by atoms with E-state index < -0.39 is 0 Å². The van der Waals surface area contributed by atoms with E-state index in [0.29, 0.717) is 0 Å². The molecule has 2 aromatic heterocycles. The van der Waals surface area contributed by atoms with Crippen LogP contribution in [0, 0.1) is 0 Å². The summed E-state index contributed by atoms with van der Waals surface area (Å²) in [6.07, 6.45) is 4.78. The smallest absolute Gasteiger partial charge is 0.0509 e. The topological polar surface area (TPSA) is 42.1 Å². The van der Waals surface area contributed by atoms with E-state index >= 15 is 0 Å². The van der Waals surface area contributed by atoms with Gasteiger partial charge in [0.2, 0.25) is 0 Å². The molecular weight excluding hydrogens is 254 g/mol. The van der Waals surface area contributed by atoms with Gasteiger partial charge in [-0.05, 0) is 43.5 Å². The van der Waals surface area contributed by atoms with Gasteiger partial charge in [0.15, 0.2) is 0 Å². The third-order valence-electron chi connectivity index (χ3n) is 3.29. The van der Waals surface area contributed by atoms with Crippen LogP contribution in [-0.2, 0) is 6.42 Å². The minimum Gasteiger partial charge on any atom is -0.326 e. The highest BCUT2D eigenvalue weighted by Gasteiger charge is 2.21. The molecule has 19 heavy (non-hydrogen) atoms. The quantitative estimate of drug-likeness (QED) is 0.881. The third kappa shape index (κ3) is 3.86. The van der Waals surface area contributed by atoms with Crippen LogP contribution in [0.25, 0.3) is 0 Å². The average molecular weight is 275 g/mol. The fourth-order valence-corrected chi connectivity index (χ4v) is 3.09. The maximum Gasteiger partial charge on any atom is 0.0509 e. The molecule has 0 amide bonds. The molecule has 0 radical (unpaired) electrons. The Labute approximate surface area is 119 Å². The van der Waals surface area contributed by atoms with Crippen LogP contribution in [0.4, 0.5) is 0 Å². The van der Waals surface area contributed by atoms with E-state index in [-0.39, 0.29) is 12.1 Å². The Kier molecular flexibility index (Phi) is 5.07. The zero-order valence-corrected chi connectivity index (χ0v) is 12.3. The lowest BCUT2D eigenvalue weighted by molar-refractivity contribution is 0.221. The molecule has 0 aromatic carbocycles. The predicted octanol–water partition coefficient (Wildman–Crippen LogP) is 2.71. The van der Waals surface area contributed by atoms with Crippen molar-refractivity contribution >= 4 is 11.3 Å². The molecule has 2 N–H and O–H groups in total. The molecule has 3 nitrogen and oxygen atoms in total. The normalized spacial score (nSPS) is 14.5. The lowest BCUT2D eigenvalue weighted by atomic mass is 10.0. The van der Waals surface area contributed by atoms with Crippen molar-refractivity contribution in [3.05, 3.63) is 52.5 Å². The fraction of sp³-hybridized carbons (Fsp3) is 0.400. The minimum absolute atomic E-state index is 0.0811. The van der Waals surface area contributed by atoms with Gasteiger partial charge >= 0.3 is 0 Å². The molecule has 0 bridgehead atoms. The molecule has 0 saturated heterocycles. The van der Waals surface area contributed by atoms with Gasteiger partial charge in [-0.3, -0.25) is 9.88 Å². The van der Waals surface area contributed by atoms with Crippen LogP contribution in [0.15, 0.2) is 42.0 Å². The molecule has 2 atom stereocenters. The Morgan fingerprint density at radius 1 is 1.37 bits per heavy atom. The van der Waals surface area contributed by atoms with Gasteiger partial charge in [-0.1, -0.05) is 12.1 Å². The van der Waals surface area contributed by atoms with Crippen LogP contribution < -0.4 is 5.73 Å². The maximum atomic E-state index is 6.15. The summed E-state index contributed by atoms with van der Waals surface area (Å²) in [7, 11) is 2.13. The molecule has 0 aliphatic carbocycles. The first kappa shape index (κ1) is 14.2. The molecule has 0 spiro atoms. The molecule has 2 rings (SSSR count). The first-order chi connectivity index (χ1) is 9.18. The number of hydrogen-bond donors (Lipinski definition) is 1. The standard InChI is InChI=1S/C15H21N3S/c1-12(16)15(13-5-3-8-17-11-13)18(2)9-7-14-6-4-10-19-14/h3-6,8,10-12,15H,7,9,16H2,1-2H3. The second-order valence-corrected chi connectivity index (χ2v) is 5.93. The summed E-state index contributed by atoms with van der Waals surface area (Å²) in [5, 5.41) is 2.12. The molecule has 2 heterocycles. The van der Waals surface area contributed by atoms with Crippen LogP contribution in [0.3, 0.4) is 0 Å². The van der Waals surface area contributed by atoms with E-state index in [1.54, 1.807) is 6.20 Å². The number of nitrogens with zero attached hydrogens (tertiary/aromatic N) is 2. The number of likely N-dealkylation sites (N-methyl/N-ethyl adjacent to an activating group) is 1. The summed E-state index contributed by atoms with van der Waals surface area (Å²) in [4.78, 5) is 7.94. The largest absolute Gasteiger partial charge is 0.326 e. The van der Waals surface area contributed by atoms with E-state index in [1.807, 2.05) is 23.6 Å². The van der Waals surface area contributed by atoms with Gasteiger partial charge in [-0.15, -0.1) is 11.3 Å². The van der Waals surface area contributed by atoms with Gasteiger partial charge < -0.3 is 5.73 Å². The number of thiophene rings is 1. The molecule has 2 aromatic rings. The van der Waals surface area contributed by atoms with Crippen molar-refractivity contribution in [2.75, 3.05) is 13.6 Å². The number of aromatic nitrogens is 1. The summed E-state index contributed by atoms with van der Waals surface area (Å²) < 4.78 is 0. The first-order valence-electron chi connectivity index (χ1n) is 6.56. The van der Waals surface area contributed by atoms with E-state index in [0.717, 1.165) is 13.0 Å². The number of rotatable bonds is 6. The summed E-state index contributed by atoms with van der Waals surface area (Å²) in [5.74, 6) is 0. The molecule has 0 aliphatic rings. The van der Waals surface area contributed by atoms with Crippen LogP contribution in [0.5, 0.6) is 0 Å². The van der Waals surface area contributed by atoms with Crippen molar-refractivity contribution < 1.29 is 0 Å². The highest BCUT2D eigenvalue weighted by atomic mass is 32.1. The highest BCUT2D eigenvalue weighted by molar-refractivity contribution is 7.09. The Morgan fingerprint density at radius 2 is 2.21 bits per heavy atom. The van der Waals surface area contributed by atoms with Gasteiger partial charge in [0.25, 0.3) is 0 Å². The Hall–Kier alpha value is -1.23. The van der Waals surface area contributed by atoms with E-state index in [4.69, 9.17) is 5.73 Å². The van der Waals surface area contributed by atoms with Gasteiger partial charge in [0.1, 0.15) is 0 Å². The molecule has 0 fully saturated rings. The molecule has 4 heteroatoms. The second kappa shape index (κ2) is 6.80. The molecule has 2 unspecified atom stereocenters. The minimum atomic E-state index is 0.0811. The summed E-state index contributed by atoms with van der Waals surface area (Å²) in [6, 6.07) is 8.65. The fourth-order valence-electron chi connectivity index (χ4n) is 2.39. The zero-order chi connectivity index (χ0) is 13.7. The average Bonchev–Trinajstić information content (AvgIpc) is 2.90. The van der Waals surface area contributed by atoms with E-state index in [2.05, 4.69) is 47.4 Å². The van der Waals surface area contributed by atoms with E-state index in [9.17, 15) is 0 Å². The van der Waals surface area contributed by atoms with E-state index in [1.165, 1.54) is 10.4 Å². The lowest BCUT2D eigenvalue weighted by Gasteiger charge is -2.31. The highest BCUT2D eigenvalue weighted by Crippen LogP contribution is 2.22. The van der Waals surface area contributed by atoms with Gasteiger partial charge in [-0.25, -0.2) is 0 Å². The van der Waals surface area contributed by atoms with Crippen molar-refractivity contribution in [3.63, 3.8) is 0 Å². The number of pyridine rings is 1. The van der Waals surface area contributed by atoms with Gasteiger partial charge in [-0.2, -0.15) is 0 Å². The maximum absolute atomic E-state index is 6.15. The van der Waals surface area contributed by atoms with Crippen molar-refractivity contribution in [3.8, 4) is 0 Å². The third-order valence-corrected chi connectivity index (χ3v) is 4.23. The number of nitrogens with two attached hydrogens (primary N) is 1. The summed E-state index contributed by atoms with van der Waals surface area (Å²) in [6.45, 7) is 3.06. The van der Waals surface area contributed by atoms with Crippen molar-refractivity contribution in [1.29, 1.82) is 0 Å². The van der Waals surface area contributed by atoms with Crippen molar-refractivity contribution in [2.45, 2.75) is 25.4 Å². The SMILES string of the molecule is CC(N)C(c1cccnc1)N(C)CCc1cccs1. The molecule has 0 aliphatic heterocycles. The summed E-state index contributed by atoms with van der Waals surface area (Å²) in [5.41, 5.74) is 7.34. The zero-order valence-electron chi connectivity index (χ0n) is 11.5. The van der Waals surface area contributed by atoms with Crippen LogP contribution in [0.2, 0.25) is 0 Å². The van der Waals surface area contributed by atoms with Crippen LogP contribution >= 0.6 is 11.3 Å². The predicted molar refractivity (Wildman–Crippen MR) is 81.3 cm³/mol. The Morgan fingerprint density at radius 3 is 2.79 bits per heavy atom. The lowest BCUT2D eigenvalue weighted by Crippen LogP contribution is -2.38. The number of hydrogen-bond acceptors (Lipinski definition) is 4. The summed E-state index contributed by atoms with van der Waals surface area (Å²) >= 11 is 1.81. The molecule has 102 valence electrons. The van der Waals surface area contributed by atoms with Crippen LogP contribution in [-0.4, -0.2) is 29.5 Å². The Bertz CT molecular complexity index is 467. The first-order valence-corrected chi connectivity index (χ1v) is 7.44. The van der Waals surface area contributed by atoms with Crippen LogP contribution in [0.1, 0.15) is 23.4 Å². The van der Waals surface area contributed by atoms with Gasteiger partial charge in [0.05, 0.1) is 6.04 Å². The monoisotopic (exact) mass is 275 g/mol.